The monoisotopic (exact) mass is 264 g/mol. The summed E-state index contributed by atoms with van der Waals surface area (Å²) < 4.78 is 11.1. The Kier molecular flexibility index (Phi) is 5.34. The molecule has 1 aliphatic rings. The van der Waals surface area contributed by atoms with Crippen LogP contribution in [0.1, 0.15) is 30.6 Å². The van der Waals surface area contributed by atoms with E-state index in [4.69, 9.17) is 15.3 Å². The van der Waals surface area contributed by atoms with Crippen molar-refractivity contribution < 1.29 is 9.47 Å². The van der Waals surface area contributed by atoms with Crippen molar-refractivity contribution in [3.63, 3.8) is 0 Å². The third kappa shape index (κ3) is 3.34. The smallest absolute Gasteiger partial charge is 0.0996 e. The highest BCUT2D eigenvalue weighted by Crippen LogP contribution is 2.32. The Hall–Kier alpha value is -0.940. The molecule has 1 heterocycles. The van der Waals surface area contributed by atoms with E-state index in [1.807, 2.05) is 0 Å². The van der Waals surface area contributed by atoms with Gasteiger partial charge in [-0.15, -0.1) is 0 Å². The fourth-order valence-corrected chi connectivity index (χ4v) is 2.76. The molecule has 0 saturated heterocycles. The van der Waals surface area contributed by atoms with Crippen LogP contribution in [0.2, 0.25) is 0 Å². The fraction of sp³-hybridized carbons (Fsp3) is 0.600. The molecular formula is C15H24N2O2. The van der Waals surface area contributed by atoms with Gasteiger partial charge in [0.25, 0.3) is 0 Å². The van der Waals surface area contributed by atoms with Gasteiger partial charge in [0.15, 0.2) is 0 Å². The molecule has 106 valence electrons. The second kappa shape index (κ2) is 7.01. The number of hydrogen-bond donors (Lipinski definition) is 2. The molecule has 0 amide bonds. The molecule has 4 nitrogen and oxygen atoms in total. The van der Waals surface area contributed by atoms with E-state index in [0.29, 0.717) is 5.92 Å². The van der Waals surface area contributed by atoms with E-state index in [1.165, 1.54) is 11.1 Å². The summed E-state index contributed by atoms with van der Waals surface area (Å²) in [5.74, 6) is 6.15. The highest BCUT2D eigenvalue weighted by Gasteiger charge is 2.31. The first kappa shape index (κ1) is 14.5. The zero-order valence-electron chi connectivity index (χ0n) is 11.8. The van der Waals surface area contributed by atoms with Crippen LogP contribution < -0.4 is 11.3 Å². The number of fused-ring (bicyclic) bond motifs is 1. The number of benzene rings is 1. The minimum Gasteiger partial charge on any atom is -0.385 e. The van der Waals surface area contributed by atoms with Crippen molar-refractivity contribution in [1.82, 2.24) is 5.43 Å². The molecule has 4 heteroatoms. The van der Waals surface area contributed by atoms with E-state index in [-0.39, 0.29) is 12.1 Å². The van der Waals surface area contributed by atoms with Crippen LogP contribution in [-0.2, 0) is 15.9 Å². The van der Waals surface area contributed by atoms with Gasteiger partial charge in [0.2, 0.25) is 0 Å². The lowest BCUT2D eigenvalue weighted by Gasteiger charge is -2.35. The number of ether oxygens (including phenoxy) is 2. The lowest BCUT2D eigenvalue weighted by atomic mass is 9.86. The van der Waals surface area contributed by atoms with E-state index in [2.05, 4.69) is 36.6 Å². The predicted molar refractivity (Wildman–Crippen MR) is 75.6 cm³/mol. The largest absolute Gasteiger partial charge is 0.385 e. The molecule has 1 aliphatic heterocycles. The zero-order chi connectivity index (χ0) is 13.7. The number of nitrogens with two attached hydrogens (primary N) is 1. The Bertz CT molecular complexity index is 397. The number of rotatable bonds is 6. The third-order valence-corrected chi connectivity index (χ3v) is 3.94. The molecule has 2 rings (SSSR count). The topological polar surface area (TPSA) is 56.5 Å². The molecule has 0 aromatic heterocycles. The average Bonchev–Trinajstić information content (AvgIpc) is 2.46. The summed E-state index contributed by atoms with van der Waals surface area (Å²) in [5.41, 5.74) is 5.58. The van der Waals surface area contributed by atoms with Crippen molar-refractivity contribution in [1.29, 1.82) is 0 Å². The molecule has 3 atom stereocenters. The van der Waals surface area contributed by atoms with Crippen LogP contribution in [0.15, 0.2) is 24.3 Å². The van der Waals surface area contributed by atoms with Crippen LogP contribution in [0.4, 0.5) is 0 Å². The SMILES string of the molecule is COCCC(C)C(NN)C1OCCc2ccccc21. The van der Waals surface area contributed by atoms with Gasteiger partial charge < -0.3 is 9.47 Å². The Balaban J connectivity index is 2.15. The molecule has 19 heavy (non-hydrogen) atoms. The first-order valence-electron chi connectivity index (χ1n) is 6.92. The van der Waals surface area contributed by atoms with Gasteiger partial charge in [0.05, 0.1) is 18.8 Å². The van der Waals surface area contributed by atoms with Crippen molar-refractivity contribution in [3.8, 4) is 0 Å². The summed E-state index contributed by atoms with van der Waals surface area (Å²) in [5, 5.41) is 0. The summed E-state index contributed by atoms with van der Waals surface area (Å²) in [6, 6.07) is 8.58. The summed E-state index contributed by atoms with van der Waals surface area (Å²) in [4.78, 5) is 0. The summed E-state index contributed by atoms with van der Waals surface area (Å²) in [6.45, 7) is 3.69. The van der Waals surface area contributed by atoms with Crippen LogP contribution >= 0.6 is 0 Å². The quantitative estimate of drug-likeness (QED) is 0.608. The zero-order valence-corrected chi connectivity index (χ0v) is 11.8. The molecule has 3 unspecified atom stereocenters. The van der Waals surface area contributed by atoms with Crippen LogP contribution in [0.25, 0.3) is 0 Å². The number of hydrazine groups is 1. The van der Waals surface area contributed by atoms with Crippen molar-refractivity contribution >= 4 is 0 Å². The van der Waals surface area contributed by atoms with E-state index >= 15 is 0 Å². The van der Waals surface area contributed by atoms with E-state index in [9.17, 15) is 0 Å². The second-order valence-electron chi connectivity index (χ2n) is 5.19. The van der Waals surface area contributed by atoms with Gasteiger partial charge in [-0.05, 0) is 29.9 Å². The molecular weight excluding hydrogens is 240 g/mol. The molecule has 3 N–H and O–H groups in total. The standard InChI is InChI=1S/C15H24N2O2/c1-11(7-9-18-2)14(17-16)15-13-6-4-3-5-12(13)8-10-19-15/h3-6,11,14-15,17H,7-10,16H2,1-2H3. The van der Waals surface area contributed by atoms with Gasteiger partial charge in [-0.3, -0.25) is 11.3 Å². The normalized spacial score (nSPS) is 21.7. The molecule has 1 aromatic rings. The van der Waals surface area contributed by atoms with Crippen molar-refractivity contribution in [2.45, 2.75) is 31.9 Å². The Morgan fingerprint density at radius 1 is 1.47 bits per heavy atom. The molecule has 0 radical (unpaired) electrons. The molecule has 0 spiro atoms. The summed E-state index contributed by atoms with van der Waals surface area (Å²) in [6.07, 6.45) is 1.98. The molecule has 1 aromatic carbocycles. The fourth-order valence-electron chi connectivity index (χ4n) is 2.76. The lowest BCUT2D eigenvalue weighted by Crippen LogP contribution is -2.46. The maximum Gasteiger partial charge on any atom is 0.0996 e. The van der Waals surface area contributed by atoms with Crippen molar-refractivity contribution in [2.24, 2.45) is 11.8 Å². The van der Waals surface area contributed by atoms with Crippen molar-refractivity contribution in [3.05, 3.63) is 35.4 Å². The lowest BCUT2D eigenvalue weighted by molar-refractivity contribution is -0.00207. The maximum absolute atomic E-state index is 5.98. The van der Waals surface area contributed by atoms with Gasteiger partial charge in [-0.1, -0.05) is 31.2 Å². The highest BCUT2D eigenvalue weighted by atomic mass is 16.5. The predicted octanol–water partition coefficient (Wildman–Crippen LogP) is 1.80. The molecule has 0 fully saturated rings. The highest BCUT2D eigenvalue weighted by molar-refractivity contribution is 5.32. The maximum atomic E-state index is 5.98. The average molecular weight is 264 g/mol. The van der Waals surface area contributed by atoms with Crippen molar-refractivity contribution in [2.75, 3.05) is 20.3 Å². The van der Waals surface area contributed by atoms with E-state index in [1.54, 1.807) is 7.11 Å². The second-order valence-corrected chi connectivity index (χ2v) is 5.19. The summed E-state index contributed by atoms with van der Waals surface area (Å²) in [7, 11) is 1.73. The van der Waals surface area contributed by atoms with Gasteiger partial charge in [0.1, 0.15) is 0 Å². The minimum absolute atomic E-state index is 0.0295. The van der Waals surface area contributed by atoms with Crippen LogP contribution in [0.5, 0.6) is 0 Å². The third-order valence-electron chi connectivity index (χ3n) is 3.94. The van der Waals surface area contributed by atoms with Gasteiger partial charge in [-0.25, -0.2) is 0 Å². The van der Waals surface area contributed by atoms with Gasteiger partial charge >= 0.3 is 0 Å². The van der Waals surface area contributed by atoms with Gasteiger partial charge in [-0.2, -0.15) is 0 Å². The van der Waals surface area contributed by atoms with E-state index < -0.39 is 0 Å². The van der Waals surface area contributed by atoms with Gasteiger partial charge in [0, 0.05) is 13.7 Å². The Morgan fingerprint density at radius 2 is 2.26 bits per heavy atom. The Labute approximate surface area is 115 Å². The van der Waals surface area contributed by atoms with Crippen LogP contribution in [-0.4, -0.2) is 26.4 Å². The first-order valence-corrected chi connectivity index (χ1v) is 6.92. The molecule has 0 aliphatic carbocycles. The number of hydrogen-bond acceptors (Lipinski definition) is 4. The minimum atomic E-state index is 0.0295. The molecule has 0 bridgehead atoms. The van der Waals surface area contributed by atoms with Crippen LogP contribution in [0.3, 0.4) is 0 Å². The molecule has 0 saturated carbocycles. The number of methoxy groups -OCH3 is 1. The number of nitrogens with one attached hydrogen (secondary N) is 1. The van der Waals surface area contributed by atoms with Crippen LogP contribution in [0, 0.1) is 5.92 Å². The summed E-state index contributed by atoms with van der Waals surface area (Å²) >= 11 is 0. The van der Waals surface area contributed by atoms with E-state index in [0.717, 1.165) is 26.1 Å². The Morgan fingerprint density at radius 3 is 3.00 bits per heavy atom. The first-order chi connectivity index (χ1) is 9.27.